The zero-order valence-electron chi connectivity index (χ0n) is 9.41. The Morgan fingerprint density at radius 3 is 2.35 bits per heavy atom. The molecule has 0 unspecified atom stereocenters. The largest absolute Gasteiger partial charge is 0.411 e. The Kier molecular flexibility index (Phi) is 4.15. The topological polar surface area (TPSA) is 100 Å². The zero-order valence-corrected chi connectivity index (χ0v) is 9.41. The Labute approximate surface area is 97.6 Å². The number of nitrogens with zero attached hydrogens (tertiary/aromatic N) is 3. The first-order valence-corrected chi connectivity index (χ1v) is 4.78. The molecule has 0 aliphatic heterocycles. The number of anilines is 1. The number of benzene rings is 1. The van der Waals surface area contributed by atoms with Gasteiger partial charge in [-0.2, -0.15) is 5.10 Å². The van der Waals surface area contributed by atoms with Crippen LogP contribution < -0.4 is 5.43 Å². The maximum absolute atomic E-state index is 10.4. The van der Waals surface area contributed by atoms with E-state index in [4.69, 9.17) is 5.21 Å². The molecule has 0 aliphatic rings. The Morgan fingerprint density at radius 1 is 1.29 bits per heavy atom. The summed E-state index contributed by atoms with van der Waals surface area (Å²) in [5.74, 6) is 0. The van der Waals surface area contributed by atoms with Gasteiger partial charge in [-0.05, 0) is 26.0 Å². The van der Waals surface area contributed by atoms with Crippen LogP contribution in [0.5, 0.6) is 0 Å². The van der Waals surface area contributed by atoms with E-state index in [2.05, 4.69) is 15.7 Å². The maximum atomic E-state index is 10.4. The summed E-state index contributed by atoms with van der Waals surface area (Å²) in [5.41, 5.74) is 4.24. The second-order valence-corrected chi connectivity index (χ2v) is 3.30. The summed E-state index contributed by atoms with van der Waals surface area (Å²) < 4.78 is 0. The first-order valence-electron chi connectivity index (χ1n) is 4.78. The van der Waals surface area contributed by atoms with E-state index in [-0.39, 0.29) is 5.69 Å². The standard InChI is InChI=1S/C10H12N4O3/c1-7(8(2)13-15)11-12-9-3-5-10(6-4-9)14(16)17/h3-6,12,15H,1-2H3/b11-7+,13-8+. The van der Waals surface area contributed by atoms with E-state index < -0.39 is 4.92 Å². The highest BCUT2D eigenvalue weighted by atomic mass is 16.6. The molecule has 1 aromatic carbocycles. The lowest BCUT2D eigenvalue weighted by Crippen LogP contribution is -2.08. The van der Waals surface area contributed by atoms with Crippen molar-refractivity contribution in [2.24, 2.45) is 10.3 Å². The Bertz CT molecular complexity index is 465. The number of oxime groups is 1. The minimum absolute atomic E-state index is 0.0179. The Hall–Kier alpha value is -2.44. The molecule has 0 radical (unpaired) electrons. The monoisotopic (exact) mass is 236 g/mol. The van der Waals surface area contributed by atoms with Gasteiger partial charge in [0.1, 0.15) is 0 Å². The smallest absolute Gasteiger partial charge is 0.269 e. The number of rotatable bonds is 4. The average Bonchev–Trinajstić information content (AvgIpc) is 2.35. The molecule has 0 heterocycles. The lowest BCUT2D eigenvalue weighted by molar-refractivity contribution is -0.384. The minimum atomic E-state index is -0.471. The summed E-state index contributed by atoms with van der Waals surface area (Å²) in [7, 11) is 0. The van der Waals surface area contributed by atoms with Crippen LogP contribution in [-0.4, -0.2) is 21.6 Å². The number of hydrogen-bond acceptors (Lipinski definition) is 6. The minimum Gasteiger partial charge on any atom is -0.411 e. The normalized spacial score (nSPS) is 12.4. The van der Waals surface area contributed by atoms with Gasteiger partial charge in [0.15, 0.2) is 0 Å². The molecule has 0 spiro atoms. The number of hydrazone groups is 1. The number of nitro benzene ring substituents is 1. The van der Waals surface area contributed by atoms with Gasteiger partial charge in [-0.15, -0.1) is 0 Å². The van der Waals surface area contributed by atoms with Crippen molar-refractivity contribution in [3.63, 3.8) is 0 Å². The third-order valence-electron chi connectivity index (χ3n) is 2.10. The molecule has 0 saturated heterocycles. The van der Waals surface area contributed by atoms with E-state index >= 15 is 0 Å². The summed E-state index contributed by atoms with van der Waals surface area (Å²) in [6, 6.07) is 5.83. The molecule has 1 aromatic rings. The molecule has 7 heteroatoms. The van der Waals surface area contributed by atoms with Crippen LogP contribution >= 0.6 is 0 Å². The fourth-order valence-corrected chi connectivity index (χ4v) is 0.959. The second kappa shape index (κ2) is 5.59. The second-order valence-electron chi connectivity index (χ2n) is 3.30. The molecule has 90 valence electrons. The third-order valence-corrected chi connectivity index (χ3v) is 2.10. The third kappa shape index (κ3) is 3.56. The number of nitrogens with one attached hydrogen (secondary N) is 1. The lowest BCUT2D eigenvalue weighted by Gasteiger charge is -2.01. The first-order chi connectivity index (χ1) is 8.04. The zero-order chi connectivity index (χ0) is 12.8. The van der Waals surface area contributed by atoms with Crippen LogP contribution in [0, 0.1) is 10.1 Å². The van der Waals surface area contributed by atoms with Gasteiger partial charge in [0, 0.05) is 12.1 Å². The Morgan fingerprint density at radius 2 is 1.88 bits per heavy atom. The summed E-state index contributed by atoms with van der Waals surface area (Å²) >= 11 is 0. The van der Waals surface area contributed by atoms with E-state index in [1.54, 1.807) is 26.0 Å². The van der Waals surface area contributed by atoms with Crippen LogP contribution in [0.4, 0.5) is 11.4 Å². The lowest BCUT2D eigenvalue weighted by atomic mass is 10.3. The molecule has 7 nitrogen and oxygen atoms in total. The molecule has 0 aromatic heterocycles. The van der Waals surface area contributed by atoms with E-state index in [1.807, 2.05) is 0 Å². The molecular weight excluding hydrogens is 224 g/mol. The Balaban J connectivity index is 2.74. The van der Waals surface area contributed by atoms with Gasteiger partial charge in [-0.3, -0.25) is 15.5 Å². The van der Waals surface area contributed by atoms with Gasteiger partial charge in [0.25, 0.3) is 5.69 Å². The fraction of sp³-hybridized carbons (Fsp3) is 0.200. The van der Waals surface area contributed by atoms with Crippen molar-refractivity contribution in [3.05, 3.63) is 34.4 Å². The molecule has 1 rings (SSSR count). The number of nitro groups is 1. The van der Waals surface area contributed by atoms with Crippen molar-refractivity contribution in [1.29, 1.82) is 0 Å². The highest BCUT2D eigenvalue weighted by Crippen LogP contribution is 2.15. The fourth-order valence-electron chi connectivity index (χ4n) is 0.959. The molecule has 0 aliphatic carbocycles. The molecule has 0 amide bonds. The van der Waals surface area contributed by atoms with Gasteiger partial charge in [-0.1, -0.05) is 5.16 Å². The van der Waals surface area contributed by atoms with Gasteiger partial charge in [0.05, 0.1) is 22.0 Å². The van der Waals surface area contributed by atoms with E-state index in [0.717, 1.165) is 0 Å². The predicted octanol–water partition coefficient (Wildman–Crippen LogP) is 2.23. The van der Waals surface area contributed by atoms with Crippen molar-refractivity contribution in [3.8, 4) is 0 Å². The van der Waals surface area contributed by atoms with Crippen LogP contribution in [0.2, 0.25) is 0 Å². The molecule has 0 bridgehead atoms. The summed E-state index contributed by atoms with van der Waals surface area (Å²) in [6.07, 6.45) is 0. The highest BCUT2D eigenvalue weighted by Gasteiger charge is 2.03. The molecule has 0 saturated carbocycles. The molecule has 0 atom stereocenters. The molecule has 17 heavy (non-hydrogen) atoms. The molecule has 2 N–H and O–H groups in total. The van der Waals surface area contributed by atoms with Crippen LogP contribution in [0.25, 0.3) is 0 Å². The van der Waals surface area contributed by atoms with E-state index in [9.17, 15) is 10.1 Å². The van der Waals surface area contributed by atoms with Crippen LogP contribution in [0.15, 0.2) is 34.5 Å². The van der Waals surface area contributed by atoms with Crippen LogP contribution in [0.1, 0.15) is 13.8 Å². The van der Waals surface area contributed by atoms with Crippen molar-refractivity contribution in [1.82, 2.24) is 0 Å². The van der Waals surface area contributed by atoms with E-state index in [0.29, 0.717) is 17.1 Å². The summed E-state index contributed by atoms with van der Waals surface area (Å²) in [6.45, 7) is 3.28. The number of hydrogen-bond donors (Lipinski definition) is 2. The first kappa shape index (κ1) is 12.6. The average molecular weight is 236 g/mol. The van der Waals surface area contributed by atoms with Gasteiger partial charge in [-0.25, -0.2) is 0 Å². The predicted molar refractivity (Wildman–Crippen MR) is 64.7 cm³/mol. The van der Waals surface area contributed by atoms with Gasteiger partial charge in [0.2, 0.25) is 0 Å². The van der Waals surface area contributed by atoms with Crippen molar-refractivity contribution >= 4 is 22.8 Å². The van der Waals surface area contributed by atoms with Crippen molar-refractivity contribution < 1.29 is 10.1 Å². The summed E-state index contributed by atoms with van der Waals surface area (Å²) in [4.78, 5) is 9.95. The van der Waals surface area contributed by atoms with Gasteiger partial charge < -0.3 is 5.21 Å². The van der Waals surface area contributed by atoms with E-state index in [1.165, 1.54) is 12.1 Å². The van der Waals surface area contributed by atoms with Crippen LogP contribution in [0.3, 0.4) is 0 Å². The van der Waals surface area contributed by atoms with Crippen molar-refractivity contribution in [2.45, 2.75) is 13.8 Å². The molecule has 0 fully saturated rings. The highest BCUT2D eigenvalue weighted by molar-refractivity contribution is 6.40. The van der Waals surface area contributed by atoms with Gasteiger partial charge >= 0.3 is 0 Å². The number of non-ortho nitro benzene ring substituents is 1. The molecular formula is C10H12N4O3. The SMILES string of the molecule is CC(=N\O)/C(C)=N/Nc1ccc([N+](=O)[O-])cc1. The quantitative estimate of drug-likeness (QED) is 0.362. The summed E-state index contributed by atoms with van der Waals surface area (Å²) in [5, 5.41) is 25.9. The maximum Gasteiger partial charge on any atom is 0.269 e. The van der Waals surface area contributed by atoms with Crippen molar-refractivity contribution in [2.75, 3.05) is 5.43 Å². The van der Waals surface area contributed by atoms with Crippen LogP contribution in [-0.2, 0) is 0 Å².